The van der Waals surface area contributed by atoms with Gasteiger partial charge in [-0.15, -0.1) is 0 Å². The van der Waals surface area contributed by atoms with Gasteiger partial charge in [-0.05, 0) is 55.7 Å². The molecule has 104 valence electrons. The summed E-state index contributed by atoms with van der Waals surface area (Å²) >= 11 is 3.47. The smallest absolute Gasteiger partial charge is 0.258 e. The lowest BCUT2D eigenvalue weighted by Gasteiger charge is -2.10. The average Bonchev–Trinajstić information content (AvgIpc) is 2.39. The summed E-state index contributed by atoms with van der Waals surface area (Å²) < 4.78 is 14.9. The van der Waals surface area contributed by atoms with Gasteiger partial charge in [0.2, 0.25) is 0 Å². The van der Waals surface area contributed by atoms with Crippen molar-refractivity contribution in [1.82, 2.24) is 0 Å². The first-order chi connectivity index (χ1) is 9.40. The summed E-state index contributed by atoms with van der Waals surface area (Å²) in [5.41, 5.74) is 3.22. The molecule has 0 bridgehead atoms. The molecular weight excluding hydrogens is 321 g/mol. The van der Waals surface area contributed by atoms with E-state index in [0.717, 1.165) is 15.6 Å². The Morgan fingerprint density at radius 1 is 1.10 bits per heavy atom. The molecule has 0 saturated carbocycles. The number of amides is 1. The summed E-state index contributed by atoms with van der Waals surface area (Å²) in [7, 11) is 0. The van der Waals surface area contributed by atoms with Crippen LogP contribution >= 0.6 is 15.9 Å². The van der Waals surface area contributed by atoms with Gasteiger partial charge in [0.25, 0.3) is 5.91 Å². The lowest BCUT2D eigenvalue weighted by molar-refractivity contribution is 0.102. The molecule has 0 aliphatic rings. The molecule has 0 radical (unpaired) electrons. The van der Waals surface area contributed by atoms with E-state index < -0.39 is 11.7 Å². The Labute approximate surface area is 126 Å². The van der Waals surface area contributed by atoms with E-state index in [1.807, 2.05) is 26.0 Å². The molecule has 1 N–H and O–H groups in total. The number of anilines is 1. The molecule has 0 aromatic heterocycles. The fourth-order valence-electron chi connectivity index (χ4n) is 2.04. The third-order valence-corrected chi connectivity index (χ3v) is 4.38. The van der Waals surface area contributed by atoms with Crippen molar-refractivity contribution in [2.45, 2.75) is 20.8 Å². The highest BCUT2D eigenvalue weighted by Crippen LogP contribution is 2.25. The van der Waals surface area contributed by atoms with Gasteiger partial charge in [-0.3, -0.25) is 4.79 Å². The van der Waals surface area contributed by atoms with Crippen molar-refractivity contribution in [2.75, 3.05) is 5.32 Å². The van der Waals surface area contributed by atoms with Gasteiger partial charge < -0.3 is 5.32 Å². The van der Waals surface area contributed by atoms with E-state index >= 15 is 0 Å². The fraction of sp³-hybridized carbons (Fsp3) is 0.188. The molecule has 2 aromatic carbocycles. The van der Waals surface area contributed by atoms with Crippen molar-refractivity contribution in [3.63, 3.8) is 0 Å². The second-order valence-corrected chi connectivity index (χ2v) is 5.61. The number of hydrogen-bond acceptors (Lipinski definition) is 1. The molecule has 0 saturated heterocycles. The van der Waals surface area contributed by atoms with Crippen molar-refractivity contribution in [3.8, 4) is 0 Å². The summed E-state index contributed by atoms with van der Waals surface area (Å²) in [4.78, 5) is 12.1. The van der Waals surface area contributed by atoms with E-state index in [1.54, 1.807) is 19.1 Å². The molecule has 2 rings (SSSR count). The summed E-state index contributed by atoms with van der Waals surface area (Å²) in [6, 6.07) is 8.49. The first-order valence-corrected chi connectivity index (χ1v) is 7.02. The largest absolute Gasteiger partial charge is 0.322 e. The van der Waals surface area contributed by atoms with Crippen LogP contribution in [0.25, 0.3) is 0 Å². The van der Waals surface area contributed by atoms with Crippen LogP contribution in [-0.2, 0) is 0 Å². The van der Waals surface area contributed by atoms with Crippen LogP contribution in [0.2, 0.25) is 0 Å². The molecule has 1 amide bonds. The zero-order valence-electron chi connectivity index (χ0n) is 11.6. The Morgan fingerprint density at radius 2 is 1.70 bits per heavy atom. The van der Waals surface area contributed by atoms with Gasteiger partial charge in [0.15, 0.2) is 0 Å². The van der Waals surface area contributed by atoms with Gasteiger partial charge in [0.05, 0.1) is 5.56 Å². The number of nitrogens with one attached hydrogen (secondary N) is 1. The number of carbonyl (C=O) groups is 1. The molecule has 0 spiro atoms. The third-order valence-electron chi connectivity index (χ3n) is 3.13. The molecule has 2 aromatic rings. The van der Waals surface area contributed by atoms with Gasteiger partial charge in [-0.1, -0.05) is 28.1 Å². The number of benzene rings is 2. The van der Waals surface area contributed by atoms with Crippen LogP contribution in [0, 0.1) is 26.6 Å². The Bertz CT molecular complexity index is 659. The van der Waals surface area contributed by atoms with Crippen LogP contribution in [0.4, 0.5) is 10.1 Å². The van der Waals surface area contributed by atoms with Gasteiger partial charge in [-0.2, -0.15) is 0 Å². The molecule has 4 heteroatoms. The van der Waals surface area contributed by atoms with E-state index in [2.05, 4.69) is 21.2 Å². The number of rotatable bonds is 2. The summed E-state index contributed by atoms with van der Waals surface area (Å²) in [5, 5.41) is 2.74. The van der Waals surface area contributed by atoms with Crippen LogP contribution in [0.3, 0.4) is 0 Å². The Kier molecular flexibility index (Phi) is 4.23. The molecule has 0 unspecified atom stereocenters. The Balaban J connectivity index is 2.30. The van der Waals surface area contributed by atoms with Crippen molar-refractivity contribution in [3.05, 3.63) is 62.9 Å². The van der Waals surface area contributed by atoms with E-state index in [4.69, 9.17) is 0 Å². The quantitative estimate of drug-likeness (QED) is 0.841. The average molecular weight is 336 g/mol. The van der Waals surface area contributed by atoms with Crippen molar-refractivity contribution < 1.29 is 9.18 Å². The fourth-order valence-corrected chi connectivity index (χ4v) is 2.27. The lowest BCUT2D eigenvalue weighted by atomic mass is 10.1. The molecule has 0 aliphatic carbocycles. The molecule has 2 nitrogen and oxygen atoms in total. The van der Waals surface area contributed by atoms with Gasteiger partial charge in [-0.25, -0.2) is 4.39 Å². The van der Waals surface area contributed by atoms with Crippen molar-refractivity contribution >= 4 is 27.5 Å². The highest BCUT2D eigenvalue weighted by molar-refractivity contribution is 9.10. The van der Waals surface area contributed by atoms with Gasteiger partial charge >= 0.3 is 0 Å². The second-order valence-electron chi connectivity index (χ2n) is 4.81. The zero-order chi connectivity index (χ0) is 14.9. The van der Waals surface area contributed by atoms with Crippen LogP contribution in [0.5, 0.6) is 0 Å². The number of hydrogen-bond donors (Lipinski definition) is 1. The highest BCUT2D eigenvalue weighted by atomic mass is 79.9. The maximum Gasteiger partial charge on any atom is 0.258 e. The minimum Gasteiger partial charge on any atom is -0.322 e. The van der Waals surface area contributed by atoms with E-state index in [1.165, 1.54) is 6.07 Å². The standard InChI is InChI=1S/C16H15BrFNO/c1-9-5-4-6-13(15(9)18)16(20)19-12-7-10(2)14(17)11(3)8-12/h4-8H,1-3H3,(H,19,20). The van der Waals surface area contributed by atoms with Crippen molar-refractivity contribution in [2.24, 2.45) is 0 Å². The molecule has 0 aliphatic heterocycles. The first kappa shape index (κ1) is 14.7. The Morgan fingerprint density at radius 3 is 2.30 bits per heavy atom. The summed E-state index contributed by atoms with van der Waals surface area (Å²) in [5.74, 6) is -0.914. The summed E-state index contributed by atoms with van der Waals surface area (Å²) in [6.45, 7) is 5.53. The first-order valence-electron chi connectivity index (χ1n) is 6.23. The topological polar surface area (TPSA) is 29.1 Å². The number of carbonyl (C=O) groups excluding carboxylic acids is 1. The predicted octanol–water partition coefficient (Wildman–Crippen LogP) is 4.77. The van der Waals surface area contributed by atoms with Crippen LogP contribution in [-0.4, -0.2) is 5.91 Å². The molecule has 0 atom stereocenters. The minimum atomic E-state index is -0.476. The highest BCUT2D eigenvalue weighted by Gasteiger charge is 2.14. The SMILES string of the molecule is Cc1cccc(C(=O)Nc2cc(C)c(Br)c(C)c2)c1F. The Hall–Kier alpha value is -1.68. The van der Waals surface area contributed by atoms with Crippen LogP contribution in [0.1, 0.15) is 27.0 Å². The summed E-state index contributed by atoms with van der Waals surface area (Å²) in [6.07, 6.45) is 0. The van der Waals surface area contributed by atoms with Crippen LogP contribution in [0.15, 0.2) is 34.8 Å². The van der Waals surface area contributed by atoms with Crippen LogP contribution < -0.4 is 5.32 Å². The third kappa shape index (κ3) is 2.90. The predicted molar refractivity (Wildman–Crippen MR) is 82.7 cm³/mol. The van der Waals surface area contributed by atoms with E-state index in [-0.39, 0.29) is 5.56 Å². The maximum atomic E-state index is 13.9. The zero-order valence-corrected chi connectivity index (χ0v) is 13.1. The molecular formula is C16H15BrFNO. The minimum absolute atomic E-state index is 0.0585. The number of aryl methyl sites for hydroxylation is 3. The molecule has 20 heavy (non-hydrogen) atoms. The molecule has 0 fully saturated rings. The molecule has 0 heterocycles. The maximum absolute atomic E-state index is 13.9. The lowest BCUT2D eigenvalue weighted by Crippen LogP contribution is -2.14. The number of halogens is 2. The second kappa shape index (κ2) is 5.75. The normalized spacial score (nSPS) is 10.4. The van der Waals surface area contributed by atoms with Gasteiger partial charge in [0, 0.05) is 10.2 Å². The monoisotopic (exact) mass is 335 g/mol. The van der Waals surface area contributed by atoms with Crippen molar-refractivity contribution in [1.29, 1.82) is 0 Å². The van der Waals surface area contributed by atoms with E-state index in [9.17, 15) is 9.18 Å². The van der Waals surface area contributed by atoms with Gasteiger partial charge in [0.1, 0.15) is 5.82 Å². The van der Waals surface area contributed by atoms with E-state index in [0.29, 0.717) is 11.3 Å².